The molecule has 7 heteroatoms. The van der Waals surface area contributed by atoms with E-state index in [1.54, 1.807) is 0 Å². The van der Waals surface area contributed by atoms with Crippen molar-refractivity contribution in [3.63, 3.8) is 0 Å². The van der Waals surface area contributed by atoms with Gasteiger partial charge in [0.15, 0.2) is 11.0 Å². The highest BCUT2D eigenvalue weighted by Crippen LogP contribution is 2.38. The lowest BCUT2D eigenvalue weighted by Gasteiger charge is -2.11. The topological polar surface area (TPSA) is 50.4 Å². The van der Waals surface area contributed by atoms with E-state index in [4.69, 9.17) is 16.0 Å². The van der Waals surface area contributed by atoms with E-state index >= 15 is 0 Å². The molecule has 0 saturated heterocycles. The third-order valence-electron chi connectivity index (χ3n) is 3.29. The van der Waals surface area contributed by atoms with Crippen LogP contribution >= 0.6 is 11.6 Å². The summed E-state index contributed by atoms with van der Waals surface area (Å²) in [5.74, 6) is 0.0676. The van der Waals surface area contributed by atoms with E-state index in [2.05, 4.69) is 0 Å². The van der Waals surface area contributed by atoms with Crippen LogP contribution in [0.4, 0.5) is 13.2 Å². The van der Waals surface area contributed by atoms with Gasteiger partial charge in [-0.15, -0.1) is 0 Å². The van der Waals surface area contributed by atoms with Gasteiger partial charge in [0, 0.05) is 11.6 Å². The van der Waals surface area contributed by atoms with Crippen molar-refractivity contribution in [3.05, 3.63) is 63.3 Å². The maximum absolute atomic E-state index is 12.9. The monoisotopic (exact) mass is 340 g/mol. The number of aromatic hydroxyl groups is 1. The maximum atomic E-state index is 12.9. The van der Waals surface area contributed by atoms with Crippen molar-refractivity contribution in [2.45, 2.75) is 6.18 Å². The fourth-order valence-corrected chi connectivity index (χ4v) is 2.48. The molecule has 1 aromatic heterocycles. The van der Waals surface area contributed by atoms with Crippen LogP contribution in [0.5, 0.6) is 5.75 Å². The molecule has 3 aromatic rings. The van der Waals surface area contributed by atoms with Gasteiger partial charge in [-0.2, -0.15) is 13.2 Å². The van der Waals surface area contributed by atoms with Crippen LogP contribution < -0.4 is 5.43 Å². The summed E-state index contributed by atoms with van der Waals surface area (Å²) in [5, 5.41) is 8.57. The van der Waals surface area contributed by atoms with Crippen molar-refractivity contribution in [3.8, 4) is 17.1 Å². The number of phenolic OH excluding ortho intramolecular Hbond substituents is 1. The van der Waals surface area contributed by atoms with Gasteiger partial charge in [-0.1, -0.05) is 11.6 Å². The van der Waals surface area contributed by atoms with Crippen molar-refractivity contribution < 1.29 is 22.7 Å². The van der Waals surface area contributed by atoms with E-state index < -0.39 is 22.2 Å². The Labute approximate surface area is 132 Å². The van der Waals surface area contributed by atoms with Crippen molar-refractivity contribution in [2.75, 3.05) is 0 Å². The van der Waals surface area contributed by atoms with E-state index in [-0.39, 0.29) is 22.5 Å². The highest BCUT2D eigenvalue weighted by molar-refractivity contribution is 6.35. The van der Waals surface area contributed by atoms with E-state index in [0.29, 0.717) is 5.56 Å². The van der Waals surface area contributed by atoms with Crippen molar-refractivity contribution >= 4 is 22.6 Å². The Hall–Kier alpha value is -2.47. The number of fused-ring (bicyclic) bond motifs is 1. The molecule has 0 aliphatic carbocycles. The molecule has 1 heterocycles. The van der Waals surface area contributed by atoms with Crippen LogP contribution in [-0.2, 0) is 6.18 Å². The van der Waals surface area contributed by atoms with Crippen LogP contribution in [0.25, 0.3) is 22.3 Å². The molecule has 3 rings (SSSR count). The fraction of sp³-hybridized carbons (Fsp3) is 0.0625. The molecule has 0 aliphatic rings. The summed E-state index contributed by atoms with van der Waals surface area (Å²) in [6.45, 7) is 0. The largest absolute Gasteiger partial charge is 0.508 e. The summed E-state index contributed by atoms with van der Waals surface area (Å²) in [7, 11) is 0. The predicted octanol–water partition coefficient (Wildman–Crippen LogP) is 4.84. The molecule has 0 aliphatic heterocycles. The normalized spacial score (nSPS) is 11.8. The zero-order valence-electron chi connectivity index (χ0n) is 11.3. The van der Waals surface area contributed by atoms with Crippen LogP contribution in [0.1, 0.15) is 5.56 Å². The van der Waals surface area contributed by atoms with Gasteiger partial charge in [-0.25, -0.2) is 0 Å². The highest BCUT2D eigenvalue weighted by Gasteiger charge is 2.34. The lowest BCUT2D eigenvalue weighted by Crippen LogP contribution is -2.08. The fourth-order valence-electron chi connectivity index (χ4n) is 2.17. The second-order valence-electron chi connectivity index (χ2n) is 4.82. The van der Waals surface area contributed by atoms with E-state index in [1.165, 1.54) is 24.3 Å². The molecule has 0 unspecified atom stereocenters. The summed E-state index contributed by atoms with van der Waals surface area (Å²) >= 11 is 5.79. The van der Waals surface area contributed by atoms with Gasteiger partial charge in [0.1, 0.15) is 11.5 Å². The molecule has 0 bridgehead atoms. The number of alkyl halides is 3. The van der Waals surface area contributed by atoms with Crippen LogP contribution in [0.2, 0.25) is 5.02 Å². The third-order valence-corrected chi connectivity index (χ3v) is 3.67. The molecule has 1 N–H and O–H groups in total. The molecule has 0 amide bonds. The van der Waals surface area contributed by atoms with Gasteiger partial charge in [-0.3, -0.25) is 4.79 Å². The molecule has 0 fully saturated rings. The number of phenols is 1. The van der Waals surface area contributed by atoms with Gasteiger partial charge in [0.05, 0.1) is 16.0 Å². The van der Waals surface area contributed by atoms with Gasteiger partial charge in [0.2, 0.25) is 0 Å². The first-order valence-electron chi connectivity index (χ1n) is 6.40. The summed E-state index contributed by atoms with van der Waals surface area (Å²) in [5.41, 5.74) is -1.48. The lowest BCUT2D eigenvalue weighted by molar-refractivity contribution is -0.137. The molecular weight excluding hydrogens is 333 g/mol. The van der Waals surface area contributed by atoms with Gasteiger partial charge in [-0.05, 0) is 36.4 Å². The first kappa shape index (κ1) is 15.4. The lowest BCUT2D eigenvalue weighted by atomic mass is 10.1. The predicted molar refractivity (Wildman–Crippen MR) is 79.6 cm³/mol. The number of hydrogen-bond acceptors (Lipinski definition) is 3. The van der Waals surface area contributed by atoms with Gasteiger partial charge >= 0.3 is 6.18 Å². The Morgan fingerprint density at radius 1 is 1.04 bits per heavy atom. The Kier molecular flexibility index (Phi) is 3.56. The molecule has 0 atom stereocenters. The average Bonchev–Trinajstić information content (AvgIpc) is 2.47. The van der Waals surface area contributed by atoms with Crippen molar-refractivity contribution in [2.24, 2.45) is 0 Å². The Morgan fingerprint density at radius 2 is 1.70 bits per heavy atom. The summed E-state index contributed by atoms with van der Waals surface area (Å²) in [6.07, 6.45) is -4.65. The number of halogens is 4. The number of benzene rings is 2. The molecule has 2 aromatic carbocycles. The second kappa shape index (κ2) is 5.31. The minimum Gasteiger partial charge on any atom is -0.508 e. The van der Waals surface area contributed by atoms with Crippen molar-refractivity contribution in [1.82, 2.24) is 0 Å². The van der Waals surface area contributed by atoms with Crippen LogP contribution in [0.15, 0.2) is 51.7 Å². The molecule has 118 valence electrons. The Bertz CT molecular complexity index is 944. The molecule has 0 saturated carbocycles. The Morgan fingerprint density at radius 3 is 2.30 bits per heavy atom. The van der Waals surface area contributed by atoms with Crippen LogP contribution in [-0.4, -0.2) is 5.11 Å². The summed E-state index contributed by atoms with van der Waals surface area (Å²) < 4.78 is 44.2. The van der Waals surface area contributed by atoms with E-state index in [9.17, 15) is 23.1 Å². The smallest absolute Gasteiger partial charge is 0.417 e. The van der Waals surface area contributed by atoms with Gasteiger partial charge in [0.25, 0.3) is 0 Å². The zero-order chi connectivity index (χ0) is 16.8. The zero-order valence-corrected chi connectivity index (χ0v) is 12.1. The van der Waals surface area contributed by atoms with Crippen molar-refractivity contribution in [1.29, 1.82) is 0 Å². The Balaban J connectivity index is 2.29. The van der Waals surface area contributed by atoms with Gasteiger partial charge < -0.3 is 9.52 Å². The minimum absolute atomic E-state index is 0.00859. The molecule has 0 spiro atoms. The third kappa shape index (κ3) is 2.77. The quantitative estimate of drug-likeness (QED) is 0.689. The second-order valence-corrected chi connectivity index (χ2v) is 5.20. The van der Waals surface area contributed by atoms with E-state index in [0.717, 1.165) is 18.2 Å². The summed E-state index contributed by atoms with van der Waals surface area (Å²) in [4.78, 5) is 12.1. The molecule has 23 heavy (non-hydrogen) atoms. The summed E-state index contributed by atoms with van der Waals surface area (Å²) in [6, 6.07) is 8.64. The first-order chi connectivity index (χ1) is 10.8. The number of hydrogen-bond donors (Lipinski definition) is 1. The first-order valence-corrected chi connectivity index (χ1v) is 6.78. The van der Waals surface area contributed by atoms with Crippen LogP contribution in [0.3, 0.4) is 0 Å². The molecular formula is C16H8ClF3O3. The van der Waals surface area contributed by atoms with Crippen LogP contribution in [0, 0.1) is 0 Å². The minimum atomic E-state index is -4.65. The maximum Gasteiger partial charge on any atom is 0.417 e. The standard InChI is InChI=1S/C16H8ClF3O3/c17-14-11(16(18,19)20)6-5-10-12(22)7-13(23-15(10)14)8-1-3-9(21)4-2-8/h1-7,21H. The number of rotatable bonds is 1. The SMILES string of the molecule is O=c1cc(-c2ccc(O)cc2)oc2c(Cl)c(C(F)(F)F)ccc12. The molecule has 3 nitrogen and oxygen atoms in total. The average molecular weight is 341 g/mol. The highest BCUT2D eigenvalue weighted by atomic mass is 35.5. The molecule has 0 radical (unpaired) electrons. The van der Waals surface area contributed by atoms with E-state index in [1.807, 2.05) is 0 Å².